The summed E-state index contributed by atoms with van der Waals surface area (Å²) in [6.45, 7) is 2.28. The van der Waals surface area contributed by atoms with Gasteiger partial charge in [-0.25, -0.2) is 4.39 Å². The van der Waals surface area contributed by atoms with Crippen LogP contribution in [0.15, 0.2) is 16.6 Å². The largest absolute Gasteiger partial charge is 0.380 e. The number of hydrogen-bond donors (Lipinski definition) is 1. The maximum Gasteiger partial charge on any atom is 0.161 e. The molecule has 1 saturated carbocycles. The molecule has 0 heterocycles. The van der Waals surface area contributed by atoms with Gasteiger partial charge in [-0.15, -0.1) is 0 Å². The molecular weight excluding hydrogens is 307 g/mol. The minimum Gasteiger partial charge on any atom is -0.380 e. The van der Waals surface area contributed by atoms with Crippen LogP contribution in [0.4, 0.5) is 10.1 Å². The van der Waals surface area contributed by atoms with E-state index >= 15 is 0 Å². The Labute approximate surface area is 122 Å². The lowest BCUT2D eigenvalue weighted by molar-refractivity contribution is 0.501. The van der Waals surface area contributed by atoms with Gasteiger partial charge in [0.05, 0.1) is 15.7 Å². The van der Waals surface area contributed by atoms with Crippen LogP contribution in [0, 0.1) is 23.1 Å². The molecule has 2 nitrogen and oxygen atoms in total. The molecule has 2 unspecified atom stereocenters. The lowest BCUT2D eigenvalue weighted by Crippen LogP contribution is -2.19. The van der Waals surface area contributed by atoms with E-state index in [9.17, 15) is 4.39 Å². The number of anilines is 1. The van der Waals surface area contributed by atoms with Crippen LogP contribution in [-0.2, 0) is 0 Å². The van der Waals surface area contributed by atoms with Gasteiger partial charge in [-0.3, -0.25) is 0 Å². The molecule has 1 N–H and O–H groups in total. The Hall–Kier alpha value is -1.08. The Kier molecular flexibility index (Phi) is 4.81. The summed E-state index contributed by atoms with van der Waals surface area (Å²) < 4.78 is 14.4. The maximum atomic E-state index is 14.1. The summed E-state index contributed by atoms with van der Waals surface area (Å²) in [6.07, 6.45) is 5.81. The van der Waals surface area contributed by atoms with Crippen LogP contribution in [0.1, 0.15) is 44.6 Å². The van der Waals surface area contributed by atoms with Crippen LogP contribution < -0.4 is 5.32 Å². The van der Waals surface area contributed by atoms with Crippen molar-refractivity contribution in [3.8, 4) is 6.07 Å². The minimum atomic E-state index is -0.364. The number of hydrogen-bond acceptors (Lipinski definition) is 2. The van der Waals surface area contributed by atoms with Gasteiger partial charge in [-0.05, 0) is 53.2 Å². The van der Waals surface area contributed by atoms with Gasteiger partial charge in [0, 0.05) is 6.04 Å². The normalized spacial score (nSPS) is 23.5. The summed E-state index contributed by atoms with van der Waals surface area (Å²) in [7, 11) is 0. The molecule has 1 aromatic carbocycles. The summed E-state index contributed by atoms with van der Waals surface area (Å²) in [5, 5.41) is 12.1. The SMILES string of the molecule is CC1CCCC(Nc2ccc(C#N)c(Br)c2F)CC1. The number of nitrogens with one attached hydrogen (secondary N) is 1. The minimum absolute atomic E-state index is 0.252. The quantitative estimate of drug-likeness (QED) is 0.790. The molecule has 1 aliphatic rings. The van der Waals surface area contributed by atoms with Crippen LogP contribution in [0.3, 0.4) is 0 Å². The Bertz CT molecular complexity index is 496. The molecule has 2 atom stereocenters. The topological polar surface area (TPSA) is 35.8 Å². The monoisotopic (exact) mass is 324 g/mol. The smallest absolute Gasteiger partial charge is 0.161 e. The lowest BCUT2D eigenvalue weighted by Gasteiger charge is -2.19. The number of nitrogens with zero attached hydrogens (tertiary/aromatic N) is 1. The van der Waals surface area contributed by atoms with E-state index in [1.165, 1.54) is 19.3 Å². The number of benzene rings is 1. The highest BCUT2D eigenvalue weighted by atomic mass is 79.9. The van der Waals surface area contributed by atoms with Gasteiger partial charge in [-0.2, -0.15) is 5.26 Å². The van der Waals surface area contributed by atoms with Crippen molar-refractivity contribution in [2.24, 2.45) is 5.92 Å². The van der Waals surface area contributed by atoms with Crippen molar-refractivity contribution in [2.75, 3.05) is 5.32 Å². The van der Waals surface area contributed by atoms with Gasteiger partial charge in [0.1, 0.15) is 6.07 Å². The summed E-state index contributed by atoms with van der Waals surface area (Å²) in [5.74, 6) is 0.403. The molecule has 4 heteroatoms. The molecule has 0 aliphatic heterocycles. The van der Waals surface area contributed by atoms with Crippen molar-refractivity contribution >= 4 is 21.6 Å². The molecule has 0 bridgehead atoms. The highest BCUT2D eigenvalue weighted by Gasteiger charge is 2.18. The average Bonchev–Trinajstić information content (AvgIpc) is 2.60. The van der Waals surface area contributed by atoms with Crippen molar-refractivity contribution in [3.63, 3.8) is 0 Å². The van der Waals surface area contributed by atoms with E-state index in [0.29, 0.717) is 17.3 Å². The van der Waals surface area contributed by atoms with E-state index in [1.54, 1.807) is 12.1 Å². The zero-order valence-electron chi connectivity index (χ0n) is 11.0. The predicted octanol–water partition coefficient (Wildman–Crippen LogP) is 4.84. The maximum absolute atomic E-state index is 14.1. The first-order valence-corrected chi connectivity index (χ1v) is 7.55. The highest BCUT2D eigenvalue weighted by Crippen LogP contribution is 2.30. The van der Waals surface area contributed by atoms with Gasteiger partial charge in [0.15, 0.2) is 5.82 Å². The van der Waals surface area contributed by atoms with Crippen molar-refractivity contribution in [1.82, 2.24) is 0 Å². The lowest BCUT2D eigenvalue weighted by atomic mass is 10.0. The summed E-state index contributed by atoms with van der Waals surface area (Å²) >= 11 is 3.14. The molecule has 0 amide bonds. The third-order valence-electron chi connectivity index (χ3n) is 3.82. The molecule has 0 radical (unpaired) electrons. The molecule has 0 spiro atoms. The number of rotatable bonds is 2. The van der Waals surface area contributed by atoms with Crippen molar-refractivity contribution in [2.45, 2.75) is 45.1 Å². The highest BCUT2D eigenvalue weighted by molar-refractivity contribution is 9.10. The molecule has 1 aromatic rings. The Morgan fingerprint density at radius 2 is 2.11 bits per heavy atom. The van der Waals surface area contributed by atoms with Gasteiger partial charge in [0.2, 0.25) is 0 Å². The van der Waals surface area contributed by atoms with E-state index in [2.05, 4.69) is 28.2 Å². The van der Waals surface area contributed by atoms with Gasteiger partial charge < -0.3 is 5.32 Å². The second-order valence-electron chi connectivity index (χ2n) is 5.36. The summed E-state index contributed by atoms with van der Waals surface area (Å²) in [4.78, 5) is 0. The van der Waals surface area contributed by atoms with E-state index < -0.39 is 0 Å². The van der Waals surface area contributed by atoms with E-state index in [4.69, 9.17) is 5.26 Å². The first-order valence-electron chi connectivity index (χ1n) is 6.76. The van der Waals surface area contributed by atoms with Crippen LogP contribution in [-0.4, -0.2) is 6.04 Å². The van der Waals surface area contributed by atoms with E-state index in [0.717, 1.165) is 18.8 Å². The van der Waals surface area contributed by atoms with Crippen LogP contribution in [0.2, 0.25) is 0 Å². The third kappa shape index (κ3) is 3.48. The summed E-state index contributed by atoms with van der Waals surface area (Å²) in [6, 6.07) is 5.61. The zero-order valence-corrected chi connectivity index (χ0v) is 12.6. The third-order valence-corrected chi connectivity index (χ3v) is 4.60. The fourth-order valence-electron chi connectivity index (χ4n) is 2.60. The van der Waals surface area contributed by atoms with Crippen LogP contribution in [0.5, 0.6) is 0 Å². The summed E-state index contributed by atoms with van der Waals surface area (Å²) in [5.41, 5.74) is 0.822. The molecule has 19 heavy (non-hydrogen) atoms. The van der Waals surface area contributed by atoms with Gasteiger partial charge >= 0.3 is 0 Å². The second-order valence-corrected chi connectivity index (χ2v) is 6.15. The number of halogens is 2. The number of nitriles is 1. The van der Waals surface area contributed by atoms with Gasteiger partial charge in [0.25, 0.3) is 0 Å². The Balaban J connectivity index is 2.11. The molecule has 1 fully saturated rings. The van der Waals surface area contributed by atoms with Crippen molar-refractivity contribution in [3.05, 3.63) is 28.0 Å². The van der Waals surface area contributed by atoms with Crippen molar-refractivity contribution in [1.29, 1.82) is 5.26 Å². The van der Waals surface area contributed by atoms with Gasteiger partial charge in [-0.1, -0.05) is 19.8 Å². The molecule has 102 valence electrons. The molecule has 2 rings (SSSR count). The fourth-order valence-corrected chi connectivity index (χ4v) is 3.03. The molecule has 0 saturated heterocycles. The van der Waals surface area contributed by atoms with Crippen molar-refractivity contribution < 1.29 is 4.39 Å². The standard InChI is InChI=1S/C15H18BrFN2/c1-10-3-2-4-12(7-5-10)19-13-8-6-11(9-18)14(16)15(13)17/h6,8,10,12,19H,2-5,7H2,1H3. The fraction of sp³-hybridized carbons (Fsp3) is 0.533. The first-order chi connectivity index (χ1) is 9.11. The Morgan fingerprint density at radius 3 is 2.84 bits per heavy atom. The Morgan fingerprint density at radius 1 is 1.32 bits per heavy atom. The van der Waals surface area contributed by atoms with Crippen LogP contribution in [0.25, 0.3) is 0 Å². The predicted molar refractivity (Wildman–Crippen MR) is 78.5 cm³/mol. The molecule has 1 aliphatic carbocycles. The van der Waals surface area contributed by atoms with E-state index in [-0.39, 0.29) is 10.3 Å². The van der Waals surface area contributed by atoms with Crippen LogP contribution >= 0.6 is 15.9 Å². The first kappa shape index (κ1) is 14.3. The zero-order chi connectivity index (χ0) is 13.8. The second kappa shape index (κ2) is 6.38. The molecular formula is C15H18BrFN2. The van der Waals surface area contributed by atoms with E-state index in [1.807, 2.05) is 6.07 Å². The average molecular weight is 325 g/mol. The molecule has 0 aromatic heterocycles.